The maximum atomic E-state index is 13.1. The summed E-state index contributed by atoms with van der Waals surface area (Å²) in [5.74, 6) is 0.961. The maximum absolute atomic E-state index is 13.1. The van der Waals surface area contributed by atoms with E-state index in [9.17, 15) is 21.6 Å². The third-order valence-electron chi connectivity index (χ3n) is 3.44. The lowest BCUT2D eigenvalue weighted by molar-refractivity contribution is -0.139. The lowest BCUT2D eigenvalue weighted by Crippen LogP contribution is -2.26. The van der Waals surface area contributed by atoms with Gasteiger partial charge in [-0.2, -0.15) is 13.2 Å². The van der Waals surface area contributed by atoms with Crippen LogP contribution in [-0.2, 0) is 22.7 Å². The Morgan fingerprint density at radius 1 is 1.08 bits per heavy atom. The largest absolute Gasteiger partial charge is 0.454 e. The summed E-state index contributed by atoms with van der Waals surface area (Å²) in [6, 6.07) is 7.23. The standard InChI is InChI=1S/C15H11ClF3NO4S/c16-10-2-4-14(11(6-10)15(17,18)19)25(21,22)20-7-9-1-3-12-13(5-9)24-8-23-12/h1-6,20H,7-8H2. The highest BCUT2D eigenvalue weighted by Gasteiger charge is 2.37. The van der Waals surface area contributed by atoms with Crippen LogP contribution in [0.25, 0.3) is 0 Å². The molecule has 0 saturated carbocycles. The highest BCUT2D eigenvalue weighted by molar-refractivity contribution is 7.89. The fourth-order valence-electron chi connectivity index (χ4n) is 2.27. The van der Waals surface area contributed by atoms with Gasteiger partial charge in [0, 0.05) is 11.6 Å². The number of rotatable bonds is 4. The minimum Gasteiger partial charge on any atom is -0.454 e. The van der Waals surface area contributed by atoms with Gasteiger partial charge in [-0.15, -0.1) is 0 Å². The number of ether oxygens (including phenoxy) is 2. The van der Waals surface area contributed by atoms with Gasteiger partial charge in [-0.05, 0) is 35.9 Å². The second-order valence-corrected chi connectivity index (χ2v) is 7.32. The van der Waals surface area contributed by atoms with Crippen LogP contribution in [0.4, 0.5) is 13.2 Å². The molecular formula is C15H11ClF3NO4S. The van der Waals surface area contributed by atoms with Crippen LogP contribution >= 0.6 is 11.6 Å². The van der Waals surface area contributed by atoms with Crippen LogP contribution in [0.3, 0.4) is 0 Å². The number of hydrogen-bond donors (Lipinski definition) is 1. The second kappa shape index (κ2) is 6.40. The van der Waals surface area contributed by atoms with Gasteiger partial charge in [0.1, 0.15) is 0 Å². The smallest absolute Gasteiger partial charge is 0.417 e. The monoisotopic (exact) mass is 393 g/mol. The quantitative estimate of drug-likeness (QED) is 0.862. The summed E-state index contributed by atoms with van der Waals surface area (Å²) in [7, 11) is -4.40. The zero-order valence-corrected chi connectivity index (χ0v) is 14.0. The molecule has 10 heteroatoms. The molecule has 0 bridgehead atoms. The normalized spacial score (nSPS) is 13.9. The Balaban J connectivity index is 1.85. The van der Waals surface area contributed by atoms with Gasteiger partial charge in [-0.25, -0.2) is 13.1 Å². The first-order valence-electron chi connectivity index (χ1n) is 6.92. The zero-order chi connectivity index (χ0) is 18.2. The van der Waals surface area contributed by atoms with E-state index in [1.54, 1.807) is 18.2 Å². The van der Waals surface area contributed by atoms with E-state index in [0.717, 1.165) is 12.1 Å². The Hall–Kier alpha value is -1.97. The summed E-state index contributed by atoms with van der Waals surface area (Å²) in [5.41, 5.74) is -0.812. The van der Waals surface area contributed by atoms with Crippen molar-refractivity contribution in [3.63, 3.8) is 0 Å². The molecule has 0 saturated heterocycles. The number of sulfonamides is 1. The van der Waals surface area contributed by atoms with E-state index in [-0.39, 0.29) is 18.4 Å². The third-order valence-corrected chi connectivity index (χ3v) is 5.13. The van der Waals surface area contributed by atoms with Gasteiger partial charge in [0.15, 0.2) is 11.5 Å². The lowest BCUT2D eigenvalue weighted by atomic mass is 10.2. The maximum Gasteiger partial charge on any atom is 0.417 e. The van der Waals surface area contributed by atoms with E-state index >= 15 is 0 Å². The molecule has 2 aromatic carbocycles. The van der Waals surface area contributed by atoms with Crippen molar-refractivity contribution in [2.24, 2.45) is 0 Å². The minimum absolute atomic E-state index is 0.0598. The SMILES string of the molecule is O=S(=O)(NCc1ccc2c(c1)OCO2)c1ccc(Cl)cc1C(F)(F)F. The highest BCUT2D eigenvalue weighted by Crippen LogP contribution is 2.36. The molecule has 134 valence electrons. The van der Waals surface area contributed by atoms with Gasteiger partial charge < -0.3 is 9.47 Å². The van der Waals surface area contributed by atoms with E-state index < -0.39 is 26.7 Å². The average molecular weight is 394 g/mol. The second-order valence-electron chi connectivity index (χ2n) is 5.15. The van der Waals surface area contributed by atoms with E-state index in [2.05, 4.69) is 4.72 Å². The summed E-state index contributed by atoms with van der Waals surface area (Å²) in [6.45, 7) is -0.150. The molecule has 1 heterocycles. The van der Waals surface area contributed by atoms with E-state index in [1.165, 1.54) is 0 Å². The molecule has 2 aromatic rings. The zero-order valence-electron chi connectivity index (χ0n) is 12.4. The van der Waals surface area contributed by atoms with Crippen LogP contribution in [0.2, 0.25) is 5.02 Å². The molecule has 0 amide bonds. The van der Waals surface area contributed by atoms with Gasteiger partial charge in [-0.3, -0.25) is 0 Å². The van der Waals surface area contributed by atoms with Crippen LogP contribution in [0.5, 0.6) is 11.5 Å². The van der Waals surface area contributed by atoms with Crippen molar-refractivity contribution < 1.29 is 31.1 Å². The highest BCUT2D eigenvalue weighted by atomic mass is 35.5. The summed E-state index contributed by atoms with van der Waals surface area (Å²) in [6.07, 6.45) is -4.85. The first-order valence-corrected chi connectivity index (χ1v) is 8.78. The molecule has 3 rings (SSSR count). The molecule has 1 aliphatic rings. The third kappa shape index (κ3) is 3.83. The Morgan fingerprint density at radius 3 is 2.52 bits per heavy atom. The van der Waals surface area contributed by atoms with E-state index in [1.807, 2.05) is 0 Å². The van der Waals surface area contributed by atoms with Gasteiger partial charge in [0.2, 0.25) is 16.8 Å². The molecule has 0 spiro atoms. The molecule has 1 aliphatic heterocycles. The lowest BCUT2D eigenvalue weighted by Gasteiger charge is -2.14. The van der Waals surface area contributed by atoms with Crippen LogP contribution in [0, 0.1) is 0 Å². The molecule has 0 atom stereocenters. The van der Waals surface area contributed by atoms with Gasteiger partial charge in [0.25, 0.3) is 0 Å². The van der Waals surface area contributed by atoms with Crippen molar-refractivity contribution in [3.8, 4) is 11.5 Å². The molecular weight excluding hydrogens is 383 g/mol. The summed E-state index contributed by atoms with van der Waals surface area (Å²) < 4.78 is 76.3. The predicted octanol–water partition coefficient (Wildman–Crippen LogP) is 3.57. The fourth-order valence-corrected chi connectivity index (χ4v) is 3.66. The number of hydrogen-bond acceptors (Lipinski definition) is 4. The van der Waals surface area contributed by atoms with E-state index in [4.69, 9.17) is 21.1 Å². The van der Waals surface area contributed by atoms with Crippen molar-refractivity contribution in [2.45, 2.75) is 17.6 Å². The van der Waals surface area contributed by atoms with Crippen LogP contribution < -0.4 is 14.2 Å². The van der Waals surface area contributed by atoms with Crippen molar-refractivity contribution >= 4 is 21.6 Å². The van der Waals surface area contributed by atoms with Crippen molar-refractivity contribution in [3.05, 3.63) is 52.5 Å². The number of fused-ring (bicyclic) bond motifs is 1. The topological polar surface area (TPSA) is 64.6 Å². The van der Waals surface area contributed by atoms with Gasteiger partial charge in [0.05, 0.1) is 10.5 Å². The number of alkyl halides is 3. The molecule has 0 fully saturated rings. The first-order chi connectivity index (χ1) is 11.7. The summed E-state index contributed by atoms with van der Waals surface area (Å²) >= 11 is 5.56. The van der Waals surface area contributed by atoms with Gasteiger partial charge in [-0.1, -0.05) is 17.7 Å². The van der Waals surface area contributed by atoms with Crippen LogP contribution in [-0.4, -0.2) is 15.2 Å². The Bertz CT molecular complexity index is 915. The van der Waals surface area contributed by atoms with Gasteiger partial charge >= 0.3 is 6.18 Å². The molecule has 5 nitrogen and oxygen atoms in total. The molecule has 25 heavy (non-hydrogen) atoms. The van der Waals surface area contributed by atoms with Crippen molar-refractivity contribution in [2.75, 3.05) is 6.79 Å². The number of halogens is 4. The Kier molecular flexibility index (Phi) is 4.56. The molecule has 0 aliphatic carbocycles. The summed E-state index contributed by atoms with van der Waals surface area (Å²) in [4.78, 5) is -0.884. The first kappa shape index (κ1) is 17.8. The summed E-state index contributed by atoms with van der Waals surface area (Å²) in [5, 5.41) is -0.206. The van der Waals surface area contributed by atoms with Crippen LogP contribution in [0.15, 0.2) is 41.3 Å². The average Bonchev–Trinajstić information content (AvgIpc) is 2.99. The predicted molar refractivity (Wildman–Crippen MR) is 83.0 cm³/mol. The van der Waals surface area contributed by atoms with Crippen molar-refractivity contribution in [1.82, 2.24) is 4.72 Å². The molecule has 1 N–H and O–H groups in total. The number of nitrogens with one attached hydrogen (secondary N) is 1. The minimum atomic E-state index is -4.85. The molecule has 0 unspecified atom stereocenters. The number of benzene rings is 2. The fraction of sp³-hybridized carbons (Fsp3) is 0.200. The van der Waals surface area contributed by atoms with Crippen molar-refractivity contribution in [1.29, 1.82) is 0 Å². The molecule has 0 radical (unpaired) electrons. The Labute approximate surface area is 146 Å². The Morgan fingerprint density at radius 2 is 1.80 bits per heavy atom. The molecule has 0 aromatic heterocycles. The van der Waals surface area contributed by atoms with E-state index in [0.29, 0.717) is 23.1 Å². The van der Waals surface area contributed by atoms with Crippen LogP contribution in [0.1, 0.15) is 11.1 Å².